The first-order chi connectivity index (χ1) is 20.5. The van der Waals surface area contributed by atoms with Crippen molar-refractivity contribution in [3.63, 3.8) is 0 Å². The maximum absolute atomic E-state index is 13.2. The molecule has 0 saturated carbocycles. The number of piperazine rings is 1. The van der Waals surface area contributed by atoms with E-state index in [1.807, 2.05) is 37.1 Å². The smallest absolute Gasteiger partial charge is 0.416 e. The molecule has 2 aromatic rings. The number of aryl methyl sites for hydroxylation is 1. The van der Waals surface area contributed by atoms with Crippen LogP contribution in [0.3, 0.4) is 0 Å². The zero-order chi connectivity index (χ0) is 31.1. The van der Waals surface area contributed by atoms with Crippen LogP contribution in [-0.4, -0.2) is 91.0 Å². The molecule has 2 heterocycles. The Kier molecular flexibility index (Phi) is 11.2. The number of nitrogens with one attached hydrogen (secondary N) is 1. The minimum Gasteiger partial charge on any atom is -0.496 e. The zero-order valence-corrected chi connectivity index (χ0v) is 26.3. The predicted molar refractivity (Wildman–Crippen MR) is 168 cm³/mol. The van der Waals surface area contributed by atoms with Crippen LogP contribution in [0, 0.1) is 13.8 Å². The van der Waals surface area contributed by atoms with Gasteiger partial charge in [0, 0.05) is 57.4 Å². The topological polar surface area (TPSA) is 60.4 Å². The Labute approximate surface area is 257 Å². The lowest BCUT2D eigenvalue weighted by Crippen LogP contribution is -2.49. The first-order valence-corrected chi connectivity index (χ1v) is 15.8. The molecular weight excluding hydrogens is 575 g/mol. The number of thioether (sulfide) groups is 1. The molecule has 1 amide bonds. The fourth-order valence-electron chi connectivity index (χ4n) is 5.62. The highest BCUT2D eigenvalue weighted by Gasteiger charge is 2.30. The standard InChI is InChI=1S/C32H42F3N5O2S/c1-22-17-26(18-29(42-4)24(22)3)30(41)39-15-13-38(14-16-39)20-23(2)37-31(43-5)36-19-28-7-6-12-40(28)21-25-8-10-27(11-9-25)32(33,34)35/h8-11,17-18,28H,2,6-7,12-16,19-21H2,1,3-5H3,(H,36,37). The Morgan fingerprint density at radius 1 is 1.12 bits per heavy atom. The summed E-state index contributed by atoms with van der Waals surface area (Å²) in [6, 6.07) is 9.48. The van der Waals surface area contributed by atoms with Crippen LogP contribution >= 0.6 is 11.8 Å². The molecule has 234 valence electrons. The number of nitrogens with zero attached hydrogens (tertiary/aromatic N) is 4. The van der Waals surface area contributed by atoms with Crippen LogP contribution in [0.1, 0.15) is 45.5 Å². The van der Waals surface area contributed by atoms with Gasteiger partial charge in [-0.25, -0.2) is 4.99 Å². The predicted octanol–water partition coefficient (Wildman–Crippen LogP) is 5.58. The van der Waals surface area contributed by atoms with Crippen molar-refractivity contribution in [2.24, 2.45) is 4.99 Å². The summed E-state index contributed by atoms with van der Waals surface area (Å²) >= 11 is 1.53. The molecule has 0 aromatic heterocycles. The Bertz CT molecular complexity index is 1310. The molecule has 11 heteroatoms. The monoisotopic (exact) mass is 617 g/mol. The van der Waals surface area contributed by atoms with Gasteiger partial charge in [0.25, 0.3) is 5.91 Å². The maximum atomic E-state index is 13.2. The van der Waals surface area contributed by atoms with E-state index in [1.54, 1.807) is 19.2 Å². The van der Waals surface area contributed by atoms with Gasteiger partial charge in [-0.1, -0.05) is 30.5 Å². The van der Waals surface area contributed by atoms with Gasteiger partial charge in [0.2, 0.25) is 0 Å². The van der Waals surface area contributed by atoms with Gasteiger partial charge in [0.1, 0.15) is 5.75 Å². The van der Waals surface area contributed by atoms with Gasteiger partial charge >= 0.3 is 6.18 Å². The minimum absolute atomic E-state index is 0.0195. The largest absolute Gasteiger partial charge is 0.496 e. The molecule has 0 aliphatic carbocycles. The molecule has 2 aromatic carbocycles. The average molecular weight is 618 g/mol. The van der Waals surface area contributed by atoms with Crippen LogP contribution in [0.5, 0.6) is 5.75 Å². The molecule has 0 radical (unpaired) electrons. The van der Waals surface area contributed by atoms with Crippen molar-refractivity contribution in [3.8, 4) is 5.75 Å². The van der Waals surface area contributed by atoms with Crippen molar-refractivity contribution in [2.75, 3.05) is 59.2 Å². The van der Waals surface area contributed by atoms with Crippen LogP contribution < -0.4 is 10.1 Å². The lowest BCUT2D eigenvalue weighted by atomic mass is 10.0. The van der Waals surface area contributed by atoms with Gasteiger partial charge in [-0.2, -0.15) is 13.2 Å². The van der Waals surface area contributed by atoms with E-state index in [9.17, 15) is 18.0 Å². The molecule has 1 atom stereocenters. The molecule has 1 N–H and O–H groups in total. The quantitative estimate of drug-likeness (QED) is 0.293. The number of likely N-dealkylation sites (tertiary alicyclic amines) is 1. The number of carbonyl (C=O) groups is 1. The van der Waals surface area contributed by atoms with Gasteiger partial charge in [-0.3, -0.25) is 14.6 Å². The number of rotatable bonds is 9. The van der Waals surface area contributed by atoms with Crippen molar-refractivity contribution in [1.29, 1.82) is 0 Å². The van der Waals surface area contributed by atoms with Crippen LogP contribution in [-0.2, 0) is 12.7 Å². The van der Waals surface area contributed by atoms with Crippen molar-refractivity contribution in [2.45, 2.75) is 45.5 Å². The van der Waals surface area contributed by atoms with Crippen molar-refractivity contribution >= 4 is 22.8 Å². The molecule has 2 aliphatic rings. The molecule has 2 saturated heterocycles. The van der Waals surface area contributed by atoms with Crippen LogP contribution in [0.25, 0.3) is 0 Å². The summed E-state index contributed by atoms with van der Waals surface area (Å²) in [5, 5.41) is 4.26. The number of halogens is 3. The zero-order valence-electron chi connectivity index (χ0n) is 25.5. The number of alkyl halides is 3. The Hall–Kier alpha value is -3.02. The highest BCUT2D eigenvalue weighted by Crippen LogP contribution is 2.30. The molecule has 0 bridgehead atoms. The maximum Gasteiger partial charge on any atom is 0.416 e. The summed E-state index contributed by atoms with van der Waals surface area (Å²) in [6.45, 7) is 13.8. The van der Waals surface area contributed by atoms with E-state index in [2.05, 4.69) is 21.7 Å². The van der Waals surface area contributed by atoms with E-state index in [-0.39, 0.29) is 11.9 Å². The van der Waals surface area contributed by atoms with Crippen LogP contribution in [0.2, 0.25) is 0 Å². The van der Waals surface area contributed by atoms with Crippen molar-refractivity contribution in [1.82, 2.24) is 20.0 Å². The first-order valence-electron chi connectivity index (χ1n) is 14.6. The molecular formula is C32H42F3N5O2S. The van der Waals surface area contributed by atoms with Gasteiger partial charge in [0.15, 0.2) is 5.17 Å². The second kappa shape index (κ2) is 14.6. The molecule has 43 heavy (non-hydrogen) atoms. The third-order valence-corrected chi connectivity index (χ3v) is 8.88. The summed E-state index contributed by atoms with van der Waals surface area (Å²) in [6.07, 6.45) is -0.273. The summed E-state index contributed by atoms with van der Waals surface area (Å²) in [5.41, 5.74) is 3.74. The lowest BCUT2D eigenvalue weighted by molar-refractivity contribution is -0.137. The van der Waals surface area contributed by atoms with Gasteiger partial charge in [-0.05, 0) is 80.4 Å². The van der Waals surface area contributed by atoms with Crippen molar-refractivity contribution in [3.05, 3.63) is 76.5 Å². The molecule has 2 aliphatic heterocycles. The second-order valence-corrected chi connectivity index (χ2v) is 12.0. The molecule has 1 unspecified atom stereocenters. The first kappa shape index (κ1) is 32.9. The summed E-state index contributed by atoms with van der Waals surface area (Å²) in [7, 11) is 1.62. The van der Waals surface area contributed by atoms with Gasteiger partial charge in [-0.15, -0.1) is 0 Å². The fraction of sp³-hybridized carbons (Fsp3) is 0.500. The summed E-state index contributed by atoms with van der Waals surface area (Å²) < 4.78 is 44.2. The summed E-state index contributed by atoms with van der Waals surface area (Å²) in [5.74, 6) is 0.750. The normalized spacial score (nSPS) is 18.6. The SMILES string of the molecule is C=C(CN1CCN(C(=O)c2cc(C)c(C)c(OC)c2)CC1)/N=C(/NCC1CCCN1Cc1ccc(C(F)(F)F)cc1)SC. The van der Waals surface area contributed by atoms with Crippen molar-refractivity contribution < 1.29 is 22.7 Å². The van der Waals surface area contributed by atoms with Crippen LogP contribution in [0.15, 0.2) is 53.7 Å². The number of amidine groups is 1. The van der Waals surface area contributed by atoms with E-state index < -0.39 is 11.7 Å². The summed E-state index contributed by atoms with van der Waals surface area (Å²) in [4.78, 5) is 24.4. The number of hydrogen-bond acceptors (Lipinski definition) is 6. The third-order valence-electron chi connectivity index (χ3n) is 8.26. The minimum atomic E-state index is -4.32. The Balaban J connectivity index is 1.24. The van der Waals surface area contributed by atoms with E-state index in [0.29, 0.717) is 38.3 Å². The van der Waals surface area contributed by atoms with E-state index in [0.717, 1.165) is 77.9 Å². The van der Waals surface area contributed by atoms with E-state index in [4.69, 9.17) is 9.73 Å². The number of ether oxygens (including phenoxy) is 1. The average Bonchev–Trinajstić information content (AvgIpc) is 3.43. The van der Waals surface area contributed by atoms with E-state index >= 15 is 0 Å². The van der Waals surface area contributed by atoms with Crippen LogP contribution in [0.4, 0.5) is 13.2 Å². The fourth-order valence-corrected chi connectivity index (χ4v) is 6.07. The molecule has 4 rings (SSSR count). The highest BCUT2D eigenvalue weighted by atomic mass is 32.2. The van der Waals surface area contributed by atoms with Gasteiger partial charge in [0.05, 0.1) is 18.4 Å². The second-order valence-electron chi connectivity index (χ2n) is 11.2. The molecule has 0 spiro atoms. The number of carbonyl (C=O) groups excluding carboxylic acids is 1. The number of aliphatic imine (C=N–C) groups is 1. The Morgan fingerprint density at radius 2 is 1.81 bits per heavy atom. The molecule has 2 fully saturated rings. The lowest BCUT2D eigenvalue weighted by Gasteiger charge is -2.34. The number of hydrogen-bond donors (Lipinski definition) is 1. The third kappa shape index (κ3) is 8.77. The molecule has 7 nitrogen and oxygen atoms in total. The highest BCUT2D eigenvalue weighted by molar-refractivity contribution is 8.13. The van der Waals surface area contributed by atoms with E-state index in [1.165, 1.54) is 11.8 Å². The number of methoxy groups -OCH3 is 1. The number of amides is 1. The van der Waals surface area contributed by atoms with Gasteiger partial charge < -0.3 is 15.0 Å². The number of benzene rings is 2. The Morgan fingerprint density at radius 3 is 2.44 bits per heavy atom.